The van der Waals surface area contributed by atoms with Crippen molar-refractivity contribution >= 4 is 16.7 Å². The molecule has 6 heteroatoms. The Morgan fingerprint density at radius 3 is 2.53 bits per heavy atom. The van der Waals surface area contributed by atoms with E-state index in [-0.39, 0.29) is 26.3 Å². The summed E-state index contributed by atoms with van der Waals surface area (Å²) in [4.78, 5) is 22.2. The van der Waals surface area contributed by atoms with Gasteiger partial charge in [0.05, 0.1) is 18.5 Å². The van der Waals surface area contributed by atoms with Crippen molar-refractivity contribution in [2.24, 2.45) is 0 Å². The third-order valence-corrected chi connectivity index (χ3v) is 5.29. The van der Waals surface area contributed by atoms with Gasteiger partial charge >= 0.3 is 0 Å². The van der Waals surface area contributed by atoms with E-state index in [1.54, 1.807) is 19.5 Å². The van der Waals surface area contributed by atoms with Crippen LogP contribution >= 0.6 is 0 Å². The van der Waals surface area contributed by atoms with Gasteiger partial charge < -0.3 is 10.1 Å². The van der Waals surface area contributed by atoms with Gasteiger partial charge in [0.1, 0.15) is 5.75 Å². The van der Waals surface area contributed by atoms with Crippen LogP contribution in [-0.4, -0.2) is 29.5 Å². The quantitative estimate of drug-likeness (QED) is 0.260. The number of unbranched alkanes of at least 4 members (excludes halogenated alkanes) is 1. The smallest absolute Gasteiger partial charge is 0.251 e. The van der Waals surface area contributed by atoms with E-state index >= 15 is 0 Å². The second-order valence-electron chi connectivity index (χ2n) is 7.27. The summed E-state index contributed by atoms with van der Waals surface area (Å²) in [6.07, 6.45) is 5.49. The van der Waals surface area contributed by atoms with Crippen molar-refractivity contribution in [1.29, 1.82) is 0 Å². The fraction of sp³-hybridized carbons (Fsp3) is 0.192. The molecule has 0 spiro atoms. The van der Waals surface area contributed by atoms with Crippen LogP contribution in [0.25, 0.3) is 33.3 Å². The minimum Gasteiger partial charge on any atom is -0.496 e. The maximum atomic E-state index is 13.1. The second kappa shape index (κ2) is 11.0. The Hall–Kier alpha value is -3.07. The number of nitrogens with zero attached hydrogens (tertiary/aromatic N) is 2. The molecule has 32 heavy (non-hydrogen) atoms. The Morgan fingerprint density at radius 2 is 1.78 bits per heavy atom. The van der Waals surface area contributed by atoms with Crippen LogP contribution in [0.2, 0.25) is 0 Å². The molecule has 2 aromatic carbocycles. The first-order valence-corrected chi connectivity index (χ1v) is 10.5. The molecule has 0 bridgehead atoms. The number of aromatic nitrogens is 2. The average molecular weight is 518 g/mol. The number of hydrogen-bond acceptors (Lipinski definition) is 4. The summed E-state index contributed by atoms with van der Waals surface area (Å²) in [6.45, 7) is 2.76. The standard InChI is InChI=1S/C26H25N3O2.Pd/c1-3-4-15-29-26(30)21-10-7-9-20-23(31-2)14-13-18(24(20)21)19-11-8-17-28-25(19)22-12-5-6-16-27-22;/h5-14,16-17H,3-4,15H2,1-2H3,(H,29,30);. The van der Waals surface area contributed by atoms with Crippen molar-refractivity contribution in [3.63, 3.8) is 0 Å². The number of hydrogen-bond donors (Lipinski definition) is 1. The van der Waals surface area contributed by atoms with E-state index in [0.717, 1.165) is 51.9 Å². The molecule has 0 aliphatic carbocycles. The third-order valence-electron chi connectivity index (χ3n) is 5.29. The number of amides is 1. The fourth-order valence-electron chi connectivity index (χ4n) is 3.78. The molecule has 0 radical (unpaired) electrons. The minimum absolute atomic E-state index is 0. The summed E-state index contributed by atoms with van der Waals surface area (Å²) in [5.74, 6) is 0.641. The zero-order valence-electron chi connectivity index (χ0n) is 18.1. The number of carbonyl (C=O) groups excluding carboxylic acids is 1. The Morgan fingerprint density at radius 1 is 0.938 bits per heavy atom. The van der Waals surface area contributed by atoms with Gasteiger partial charge in [-0.2, -0.15) is 0 Å². The molecule has 166 valence electrons. The van der Waals surface area contributed by atoms with Gasteiger partial charge in [-0.15, -0.1) is 0 Å². The van der Waals surface area contributed by atoms with E-state index < -0.39 is 0 Å². The number of ether oxygens (including phenoxy) is 1. The molecule has 1 amide bonds. The van der Waals surface area contributed by atoms with Crippen molar-refractivity contribution in [1.82, 2.24) is 15.3 Å². The Bertz CT molecular complexity index is 1210. The van der Waals surface area contributed by atoms with E-state index in [4.69, 9.17) is 4.74 Å². The number of methoxy groups -OCH3 is 1. The molecule has 0 unspecified atom stereocenters. The SMILES string of the molecule is CCCCNC(=O)c1cccc2c(OC)ccc(-c3cccnc3-c3ccccn3)c12.[Pd]. The Balaban J connectivity index is 0.00000289. The summed E-state index contributed by atoms with van der Waals surface area (Å²) in [5.41, 5.74) is 4.02. The molecule has 0 fully saturated rings. The van der Waals surface area contributed by atoms with Gasteiger partial charge in [-0.3, -0.25) is 14.8 Å². The Kier molecular flexibility index (Phi) is 8.10. The van der Waals surface area contributed by atoms with Crippen LogP contribution in [0.15, 0.2) is 73.1 Å². The van der Waals surface area contributed by atoms with Crippen LogP contribution < -0.4 is 10.1 Å². The third kappa shape index (κ3) is 4.72. The number of pyridine rings is 2. The molecule has 2 heterocycles. The molecule has 4 aromatic rings. The molecule has 1 N–H and O–H groups in total. The van der Waals surface area contributed by atoms with Gasteiger partial charge in [-0.05, 0) is 48.4 Å². The summed E-state index contributed by atoms with van der Waals surface area (Å²) in [6, 6.07) is 19.4. The number of fused-ring (bicyclic) bond motifs is 1. The first-order chi connectivity index (χ1) is 15.2. The molecule has 0 aliphatic heterocycles. The van der Waals surface area contributed by atoms with E-state index in [1.807, 2.05) is 60.7 Å². The largest absolute Gasteiger partial charge is 0.496 e. The van der Waals surface area contributed by atoms with Crippen LogP contribution in [0.4, 0.5) is 0 Å². The van der Waals surface area contributed by atoms with Crippen molar-refractivity contribution in [2.45, 2.75) is 19.8 Å². The molecule has 5 nitrogen and oxygen atoms in total. The predicted molar refractivity (Wildman–Crippen MR) is 124 cm³/mol. The van der Waals surface area contributed by atoms with Gasteiger partial charge in [0.25, 0.3) is 5.91 Å². The van der Waals surface area contributed by atoms with Crippen LogP contribution in [0.3, 0.4) is 0 Å². The van der Waals surface area contributed by atoms with Crippen LogP contribution in [0.5, 0.6) is 5.75 Å². The summed E-state index contributed by atoms with van der Waals surface area (Å²) >= 11 is 0. The van der Waals surface area contributed by atoms with Crippen molar-refractivity contribution < 1.29 is 30.0 Å². The van der Waals surface area contributed by atoms with Crippen LogP contribution in [0.1, 0.15) is 30.1 Å². The second-order valence-corrected chi connectivity index (χ2v) is 7.27. The van der Waals surface area contributed by atoms with Crippen molar-refractivity contribution in [3.05, 3.63) is 78.6 Å². The number of benzene rings is 2. The molecular formula is C26H25N3O2Pd. The molecule has 0 saturated carbocycles. The van der Waals surface area contributed by atoms with E-state index in [2.05, 4.69) is 22.2 Å². The first-order valence-electron chi connectivity index (χ1n) is 10.5. The molecule has 4 rings (SSSR count). The number of rotatable bonds is 7. The van der Waals surface area contributed by atoms with Gasteiger partial charge in [0.15, 0.2) is 0 Å². The van der Waals surface area contributed by atoms with Gasteiger partial charge in [0.2, 0.25) is 0 Å². The van der Waals surface area contributed by atoms with E-state index in [1.165, 1.54) is 0 Å². The predicted octanol–water partition coefficient (Wildman–Crippen LogP) is 5.50. The van der Waals surface area contributed by atoms with Gasteiger partial charge in [0, 0.05) is 61.3 Å². The zero-order chi connectivity index (χ0) is 21.6. The zero-order valence-corrected chi connectivity index (χ0v) is 19.6. The van der Waals surface area contributed by atoms with Gasteiger partial charge in [-0.1, -0.05) is 37.6 Å². The van der Waals surface area contributed by atoms with Crippen LogP contribution in [-0.2, 0) is 20.4 Å². The fourth-order valence-corrected chi connectivity index (χ4v) is 3.78. The maximum Gasteiger partial charge on any atom is 0.251 e. The Labute approximate surface area is 201 Å². The van der Waals surface area contributed by atoms with Crippen molar-refractivity contribution in [2.75, 3.05) is 13.7 Å². The summed E-state index contributed by atoms with van der Waals surface area (Å²) in [7, 11) is 1.64. The molecule has 0 saturated heterocycles. The number of nitrogens with one attached hydrogen (secondary N) is 1. The first kappa shape index (κ1) is 23.6. The minimum atomic E-state index is -0.0863. The maximum absolute atomic E-state index is 13.1. The molecule has 2 aromatic heterocycles. The van der Waals surface area contributed by atoms with Crippen molar-refractivity contribution in [3.8, 4) is 28.3 Å². The molecular weight excluding hydrogens is 493 g/mol. The summed E-state index contributed by atoms with van der Waals surface area (Å²) < 4.78 is 5.61. The molecule has 0 aliphatic rings. The summed E-state index contributed by atoms with van der Waals surface area (Å²) in [5, 5.41) is 4.78. The van der Waals surface area contributed by atoms with E-state index in [9.17, 15) is 4.79 Å². The van der Waals surface area contributed by atoms with Crippen LogP contribution in [0, 0.1) is 0 Å². The van der Waals surface area contributed by atoms with Gasteiger partial charge in [-0.25, -0.2) is 0 Å². The number of carbonyl (C=O) groups is 1. The van der Waals surface area contributed by atoms with E-state index in [0.29, 0.717) is 12.1 Å². The topological polar surface area (TPSA) is 64.1 Å². The molecule has 0 atom stereocenters. The average Bonchev–Trinajstić information content (AvgIpc) is 2.83. The monoisotopic (exact) mass is 517 g/mol. The normalized spacial score (nSPS) is 10.4.